The Morgan fingerprint density at radius 2 is 2.07 bits per heavy atom. The molecular weight excluding hydrogens is 186 g/mol. The van der Waals surface area contributed by atoms with Gasteiger partial charge in [0.05, 0.1) is 6.04 Å². The highest BCUT2D eigenvalue weighted by Crippen LogP contribution is 2.12. The maximum absolute atomic E-state index is 11.4. The lowest BCUT2D eigenvalue weighted by atomic mass is 9.97. The number of rotatable bonds is 4. The molecule has 0 aliphatic heterocycles. The molecule has 2 heteroatoms. The lowest BCUT2D eigenvalue weighted by Gasteiger charge is -2.12. The lowest BCUT2D eigenvalue weighted by Crippen LogP contribution is -2.32. The van der Waals surface area contributed by atoms with E-state index in [1.165, 1.54) is 16.7 Å². The third-order valence-corrected chi connectivity index (χ3v) is 2.71. The van der Waals surface area contributed by atoms with Crippen LogP contribution in [0.4, 0.5) is 0 Å². The highest BCUT2D eigenvalue weighted by molar-refractivity contribution is 5.83. The second-order valence-corrected chi connectivity index (χ2v) is 4.06. The van der Waals surface area contributed by atoms with Crippen LogP contribution >= 0.6 is 0 Å². The number of Topliss-reactive ketones (excluding diaryl/α,β-unsaturated/α-hetero) is 1. The molecule has 1 atom stereocenters. The third kappa shape index (κ3) is 3.17. The van der Waals surface area contributed by atoms with Crippen molar-refractivity contribution in [2.24, 2.45) is 5.73 Å². The van der Waals surface area contributed by atoms with Gasteiger partial charge < -0.3 is 5.73 Å². The number of nitrogens with two attached hydrogens (primary N) is 1. The van der Waals surface area contributed by atoms with Crippen molar-refractivity contribution in [2.75, 3.05) is 0 Å². The van der Waals surface area contributed by atoms with Crippen LogP contribution in [0.1, 0.15) is 30.0 Å². The molecule has 0 bridgehead atoms. The van der Waals surface area contributed by atoms with Crippen molar-refractivity contribution >= 4 is 5.78 Å². The van der Waals surface area contributed by atoms with Crippen LogP contribution in [0.5, 0.6) is 0 Å². The van der Waals surface area contributed by atoms with Crippen LogP contribution in [0.25, 0.3) is 0 Å². The molecular formula is C13H19NO. The van der Waals surface area contributed by atoms with Crippen molar-refractivity contribution in [1.82, 2.24) is 0 Å². The molecule has 0 saturated carbocycles. The van der Waals surface area contributed by atoms with Gasteiger partial charge in [0.2, 0.25) is 0 Å². The van der Waals surface area contributed by atoms with E-state index in [0.717, 1.165) is 0 Å². The summed E-state index contributed by atoms with van der Waals surface area (Å²) in [6, 6.07) is 5.91. The quantitative estimate of drug-likeness (QED) is 0.818. The van der Waals surface area contributed by atoms with E-state index in [1.807, 2.05) is 6.92 Å². The highest BCUT2D eigenvalue weighted by atomic mass is 16.1. The normalized spacial score (nSPS) is 12.5. The second-order valence-electron chi connectivity index (χ2n) is 4.06. The Hall–Kier alpha value is -1.15. The molecule has 0 fully saturated rings. The number of carbonyl (C=O) groups is 1. The Balaban J connectivity index is 2.80. The molecule has 0 aromatic heterocycles. The predicted octanol–water partition coefficient (Wildman–Crippen LogP) is 2.15. The molecule has 2 nitrogen and oxygen atoms in total. The van der Waals surface area contributed by atoms with Crippen LogP contribution in [0.3, 0.4) is 0 Å². The minimum Gasteiger partial charge on any atom is -0.321 e. The van der Waals surface area contributed by atoms with E-state index < -0.39 is 0 Å². The summed E-state index contributed by atoms with van der Waals surface area (Å²) in [7, 11) is 0. The molecule has 0 spiro atoms. The summed E-state index contributed by atoms with van der Waals surface area (Å²) in [5, 5.41) is 0. The summed E-state index contributed by atoms with van der Waals surface area (Å²) in [5.41, 5.74) is 9.44. The number of hydrogen-bond acceptors (Lipinski definition) is 2. The van der Waals surface area contributed by atoms with Crippen molar-refractivity contribution in [3.8, 4) is 0 Å². The van der Waals surface area contributed by atoms with Gasteiger partial charge in [0.15, 0.2) is 0 Å². The summed E-state index contributed by atoms with van der Waals surface area (Å²) >= 11 is 0. The fourth-order valence-corrected chi connectivity index (χ4v) is 1.63. The van der Waals surface area contributed by atoms with Crippen molar-refractivity contribution in [3.63, 3.8) is 0 Å². The van der Waals surface area contributed by atoms with Gasteiger partial charge in [0.1, 0.15) is 5.78 Å². The van der Waals surface area contributed by atoms with Crippen LogP contribution in [0.2, 0.25) is 0 Å². The van der Waals surface area contributed by atoms with Gasteiger partial charge in [-0.1, -0.05) is 30.7 Å². The lowest BCUT2D eigenvalue weighted by molar-refractivity contribution is -0.119. The predicted molar refractivity (Wildman–Crippen MR) is 62.9 cm³/mol. The molecule has 0 aliphatic rings. The van der Waals surface area contributed by atoms with E-state index in [-0.39, 0.29) is 11.8 Å². The number of benzene rings is 1. The van der Waals surface area contributed by atoms with E-state index >= 15 is 0 Å². The van der Waals surface area contributed by atoms with Crippen LogP contribution in [-0.4, -0.2) is 11.8 Å². The molecule has 0 saturated heterocycles. The number of hydrogen-bond donors (Lipinski definition) is 1. The standard InChI is InChI=1S/C13H19NO/c1-4-13(15)12(14)8-11-7-9(2)5-6-10(11)3/h5-7,12H,4,8,14H2,1-3H3. The van der Waals surface area contributed by atoms with Gasteiger partial charge in [-0.2, -0.15) is 0 Å². The van der Waals surface area contributed by atoms with Crippen molar-refractivity contribution in [1.29, 1.82) is 0 Å². The molecule has 2 N–H and O–H groups in total. The van der Waals surface area contributed by atoms with E-state index in [1.54, 1.807) is 0 Å². The zero-order valence-electron chi connectivity index (χ0n) is 9.71. The van der Waals surface area contributed by atoms with Gasteiger partial charge in [0, 0.05) is 6.42 Å². The number of carbonyl (C=O) groups excluding carboxylic acids is 1. The largest absolute Gasteiger partial charge is 0.321 e. The van der Waals surface area contributed by atoms with Crippen molar-refractivity contribution < 1.29 is 4.79 Å². The van der Waals surface area contributed by atoms with Gasteiger partial charge in [-0.05, 0) is 31.4 Å². The minimum absolute atomic E-state index is 0.135. The van der Waals surface area contributed by atoms with Crippen molar-refractivity contribution in [3.05, 3.63) is 34.9 Å². The molecule has 0 radical (unpaired) electrons. The number of aryl methyl sites for hydroxylation is 2. The molecule has 82 valence electrons. The first-order valence-electron chi connectivity index (χ1n) is 5.39. The molecule has 0 heterocycles. The fraction of sp³-hybridized carbons (Fsp3) is 0.462. The fourth-order valence-electron chi connectivity index (χ4n) is 1.63. The molecule has 0 amide bonds. The van der Waals surface area contributed by atoms with Gasteiger partial charge in [0.25, 0.3) is 0 Å². The Morgan fingerprint density at radius 3 is 2.67 bits per heavy atom. The Bertz CT molecular complexity index is 358. The first-order valence-corrected chi connectivity index (χ1v) is 5.39. The van der Waals surface area contributed by atoms with E-state index in [2.05, 4.69) is 32.0 Å². The summed E-state index contributed by atoms with van der Waals surface area (Å²) in [6.07, 6.45) is 1.17. The van der Waals surface area contributed by atoms with Crippen LogP contribution in [0.15, 0.2) is 18.2 Å². The molecule has 1 aromatic rings. The van der Waals surface area contributed by atoms with Crippen molar-refractivity contribution in [2.45, 2.75) is 39.7 Å². The Labute approximate surface area is 91.5 Å². The minimum atomic E-state index is -0.351. The van der Waals surface area contributed by atoms with Crippen LogP contribution in [0, 0.1) is 13.8 Å². The number of ketones is 1. The SMILES string of the molecule is CCC(=O)C(N)Cc1cc(C)ccc1C. The van der Waals surface area contributed by atoms with Crippen LogP contribution in [-0.2, 0) is 11.2 Å². The van der Waals surface area contributed by atoms with E-state index in [0.29, 0.717) is 12.8 Å². The van der Waals surface area contributed by atoms with E-state index in [4.69, 9.17) is 5.73 Å². The average Bonchev–Trinajstić information content (AvgIpc) is 2.22. The first kappa shape index (κ1) is 11.9. The highest BCUT2D eigenvalue weighted by Gasteiger charge is 2.12. The summed E-state index contributed by atoms with van der Waals surface area (Å²) in [6.45, 7) is 5.96. The average molecular weight is 205 g/mol. The summed E-state index contributed by atoms with van der Waals surface area (Å²) < 4.78 is 0. The Kier molecular flexibility index (Phi) is 4.04. The Morgan fingerprint density at radius 1 is 1.40 bits per heavy atom. The van der Waals surface area contributed by atoms with Gasteiger partial charge in [-0.15, -0.1) is 0 Å². The molecule has 15 heavy (non-hydrogen) atoms. The monoisotopic (exact) mass is 205 g/mol. The van der Waals surface area contributed by atoms with Gasteiger partial charge in [-0.25, -0.2) is 0 Å². The third-order valence-electron chi connectivity index (χ3n) is 2.71. The van der Waals surface area contributed by atoms with Gasteiger partial charge >= 0.3 is 0 Å². The molecule has 1 unspecified atom stereocenters. The summed E-state index contributed by atoms with van der Waals surface area (Å²) in [5.74, 6) is 0.135. The first-order chi connectivity index (χ1) is 7.04. The van der Waals surface area contributed by atoms with Gasteiger partial charge in [-0.3, -0.25) is 4.79 Å². The smallest absolute Gasteiger partial charge is 0.149 e. The topological polar surface area (TPSA) is 43.1 Å². The van der Waals surface area contributed by atoms with Crippen LogP contribution < -0.4 is 5.73 Å². The van der Waals surface area contributed by atoms with E-state index in [9.17, 15) is 4.79 Å². The second kappa shape index (κ2) is 5.08. The summed E-state index contributed by atoms with van der Waals surface area (Å²) in [4.78, 5) is 11.4. The zero-order valence-corrected chi connectivity index (χ0v) is 9.71. The molecule has 1 rings (SSSR count). The maximum Gasteiger partial charge on any atom is 0.149 e. The molecule has 0 aliphatic carbocycles. The zero-order chi connectivity index (χ0) is 11.4. The maximum atomic E-state index is 11.4. The molecule has 1 aromatic carbocycles.